The van der Waals surface area contributed by atoms with E-state index in [1.54, 1.807) is 0 Å². The van der Waals surface area contributed by atoms with Gasteiger partial charge in [-0.2, -0.15) is 4.98 Å². The molecule has 1 aromatic rings. The second kappa shape index (κ2) is 5.60. The molecule has 1 N–H and O–H groups in total. The number of hydrogen-bond donors (Lipinski definition) is 1. The van der Waals surface area contributed by atoms with Crippen molar-refractivity contribution in [2.45, 2.75) is 45.2 Å². The molecule has 1 fully saturated rings. The molecule has 0 aromatic carbocycles. The summed E-state index contributed by atoms with van der Waals surface area (Å²) in [5.74, 6) is 1.53. The van der Waals surface area contributed by atoms with Crippen LogP contribution in [-0.4, -0.2) is 35.2 Å². The average molecular weight is 238 g/mol. The lowest BCUT2D eigenvalue weighted by atomic mass is 10.0. The Labute approximate surface area is 103 Å². The summed E-state index contributed by atoms with van der Waals surface area (Å²) in [6.45, 7) is 6.41. The molecule has 0 radical (unpaired) electrons. The van der Waals surface area contributed by atoms with E-state index in [4.69, 9.17) is 4.52 Å². The molecule has 0 spiro atoms. The lowest BCUT2D eigenvalue weighted by Gasteiger charge is -2.32. The van der Waals surface area contributed by atoms with Crippen LogP contribution in [0.3, 0.4) is 0 Å². The van der Waals surface area contributed by atoms with E-state index in [9.17, 15) is 0 Å². The van der Waals surface area contributed by atoms with Gasteiger partial charge in [0.25, 0.3) is 0 Å². The zero-order valence-electron chi connectivity index (χ0n) is 10.9. The van der Waals surface area contributed by atoms with Gasteiger partial charge in [0.1, 0.15) is 0 Å². The predicted molar refractivity (Wildman–Crippen MR) is 65.6 cm³/mol. The maximum absolute atomic E-state index is 5.42. The van der Waals surface area contributed by atoms with Gasteiger partial charge in [-0.05, 0) is 39.9 Å². The molecule has 0 amide bonds. The molecule has 96 valence electrons. The van der Waals surface area contributed by atoms with E-state index in [-0.39, 0.29) is 6.04 Å². The molecule has 1 aromatic heterocycles. The first kappa shape index (κ1) is 12.5. The summed E-state index contributed by atoms with van der Waals surface area (Å²) >= 11 is 0. The number of aromatic nitrogens is 2. The number of piperidine rings is 1. The van der Waals surface area contributed by atoms with E-state index in [1.165, 1.54) is 12.8 Å². The highest BCUT2D eigenvalue weighted by atomic mass is 16.5. The van der Waals surface area contributed by atoms with E-state index >= 15 is 0 Å². The molecule has 2 heterocycles. The molecule has 0 aliphatic carbocycles. The summed E-state index contributed by atoms with van der Waals surface area (Å²) in [7, 11) is 1.90. The molecule has 0 bridgehead atoms. The van der Waals surface area contributed by atoms with Gasteiger partial charge >= 0.3 is 0 Å². The predicted octanol–water partition coefficient (Wildman–Crippen LogP) is 1.90. The van der Waals surface area contributed by atoms with Crippen LogP contribution in [0.5, 0.6) is 0 Å². The topological polar surface area (TPSA) is 54.2 Å². The Kier molecular flexibility index (Phi) is 4.12. The number of rotatable bonds is 4. The highest BCUT2D eigenvalue weighted by Gasteiger charge is 2.28. The number of likely N-dealkylation sites (tertiary alicyclic amines) is 1. The van der Waals surface area contributed by atoms with E-state index in [1.807, 2.05) is 14.0 Å². The molecule has 1 saturated heterocycles. The summed E-state index contributed by atoms with van der Waals surface area (Å²) in [5, 5.41) is 7.18. The molecular weight excluding hydrogens is 216 g/mol. The highest BCUT2D eigenvalue weighted by molar-refractivity contribution is 4.98. The normalized spacial score (nSPS) is 23.8. The fourth-order valence-corrected chi connectivity index (χ4v) is 2.34. The van der Waals surface area contributed by atoms with Crippen molar-refractivity contribution in [1.29, 1.82) is 0 Å². The standard InChI is InChI=1S/C12H22N4O/c1-4-16-8-6-5-7-10(16)12-14-11(15-17-12)9(2)13-3/h9-10,13H,4-8H2,1-3H3. The van der Waals surface area contributed by atoms with Crippen molar-refractivity contribution in [3.05, 3.63) is 11.7 Å². The van der Waals surface area contributed by atoms with Crippen molar-refractivity contribution in [1.82, 2.24) is 20.4 Å². The van der Waals surface area contributed by atoms with Gasteiger partial charge in [-0.25, -0.2) is 0 Å². The van der Waals surface area contributed by atoms with Gasteiger partial charge in [-0.15, -0.1) is 0 Å². The molecular formula is C12H22N4O. The molecule has 5 heteroatoms. The second-order valence-electron chi connectivity index (χ2n) is 4.64. The second-order valence-corrected chi connectivity index (χ2v) is 4.64. The Bertz CT molecular complexity index is 352. The van der Waals surface area contributed by atoms with Gasteiger partial charge in [0.05, 0.1) is 12.1 Å². The van der Waals surface area contributed by atoms with Crippen molar-refractivity contribution in [2.75, 3.05) is 20.1 Å². The third-order valence-corrected chi connectivity index (χ3v) is 3.58. The minimum atomic E-state index is 0.145. The lowest BCUT2D eigenvalue weighted by Crippen LogP contribution is -2.33. The molecule has 2 atom stereocenters. The Morgan fingerprint density at radius 2 is 2.35 bits per heavy atom. The van der Waals surface area contributed by atoms with E-state index < -0.39 is 0 Å². The molecule has 5 nitrogen and oxygen atoms in total. The molecule has 0 saturated carbocycles. The smallest absolute Gasteiger partial charge is 0.244 e. The van der Waals surface area contributed by atoms with Gasteiger partial charge < -0.3 is 9.84 Å². The lowest BCUT2D eigenvalue weighted by molar-refractivity contribution is 0.125. The van der Waals surface area contributed by atoms with Crippen molar-refractivity contribution in [3.63, 3.8) is 0 Å². The zero-order chi connectivity index (χ0) is 12.3. The zero-order valence-corrected chi connectivity index (χ0v) is 10.9. The summed E-state index contributed by atoms with van der Waals surface area (Å²) in [4.78, 5) is 6.94. The third kappa shape index (κ3) is 2.66. The van der Waals surface area contributed by atoms with E-state index in [0.29, 0.717) is 6.04 Å². The van der Waals surface area contributed by atoms with Crippen LogP contribution < -0.4 is 5.32 Å². The van der Waals surface area contributed by atoms with Crippen LogP contribution in [-0.2, 0) is 0 Å². The first-order valence-corrected chi connectivity index (χ1v) is 6.51. The largest absolute Gasteiger partial charge is 0.338 e. The van der Waals surface area contributed by atoms with Crippen LogP contribution in [0.2, 0.25) is 0 Å². The number of nitrogens with one attached hydrogen (secondary N) is 1. The van der Waals surface area contributed by atoms with Crippen LogP contribution in [0.4, 0.5) is 0 Å². The van der Waals surface area contributed by atoms with Gasteiger partial charge in [-0.1, -0.05) is 18.5 Å². The van der Waals surface area contributed by atoms with Crippen LogP contribution in [0.1, 0.15) is 56.9 Å². The summed E-state index contributed by atoms with van der Waals surface area (Å²) in [6.07, 6.45) is 3.65. The number of hydrogen-bond acceptors (Lipinski definition) is 5. The SMILES string of the molecule is CCN1CCCCC1c1nc(C(C)NC)no1. The van der Waals surface area contributed by atoms with Crippen LogP contribution in [0, 0.1) is 0 Å². The van der Waals surface area contributed by atoms with Crippen LogP contribution in [0.15, 0.2) is 4.52 Å². The maximum atomic E-state index is 5.42. The van der Waals surface area contributed by atoms with Gasteiger partial charge in [0.2, 0.25) is 5.89 Å². The van der Waals surface area contributed by atoms with Crippen molar-refractivity contribution in [2.24, 2.45) is 0 Å². The quantitative estimate of drug-likeness (QED) is 0.868. The monoisotopic (exact) mass is 238 g/mol. The average Bonchev–Trinajstić information content (AvgIpc) is 2.87. The highest BCUT2D eigenvalue weighted by Crippen LogP contribution is 2.29. The van der Waals surface area contributed by atoms with Crippen LogP contribution in [0.25, 0.3) is 0 Å². The maximum Gasteiger partial charge on any atom is 0.244 e. The Morgan fingerprint density at radius 3 is 3.06 bits per heavy atom. The third-order valence-electron chi connectivity index (χ3n) is 3.58. The Balaban J connectivity index is 2.12. The van der Waals surface area contributed by atoms with Crippen molar-refractivity contribution >= 4 is 0 Å². The number of nitrogens with zero attached hydrogens (tertiary/aromatic N) is 3. The Morgan fingerprint density at radius 1 is 1.53 bits per heavy atom. The summed E-state index contributed by atoms with van der Waals surface area (Å²) in [6, 6.07) is 0.463. The Hall–Kier alpha value is -0.940. The van der Waals surface area contributed by atoms with Gasteiger partial charge in [-0.3, -0.25) is 4.90 Å². The van der Waals surface area contributed by atoms with Crippen molar-refractivity contribution in [3.8, 4) is 0 Å². The van der Waals surface area contributed by atoms with Crippen LogP contribution >= 0.6 is 0 Å². The molecule has 2 unspecified atom stereocenters. The van der Waals surface area contributed by atoms with Gasteiger partial charge in [0, 0.05) is 0 Å². The fourth-order valence-electron chi connectivity index (χ4n) is 2.34. The summed E-state index contributed by atoms with van der Waals surface area (Å²) in [5.41, 5.74) is 0. The fraction of sp³-hybridized carbons (Fsp3) is 0.833. The van der Waals surface area contributed by atoms with Gasteiger partial charge in [0.15, 0.2) is 5.82 Å². The molecule has 1 aliphatic rings. The molecule has 17 heavy (non-hydrogen) atoms. The van der Waals surface area contributed by atoms with Crippen molar-refractivity contribution < 1.29 is 4.52 Å². The minimum absolute atomic E-state index is 0.145. The first-order chi connectivity index (χ1) is 8.26. The van der Waals surface area contributed by atoms with E-state index in [2.05, 4.69) is 27.3 Å². The minimum Gasteiger partial charge on any atom is -0.338 e. The van der Waals surface area contributed by atoms with E-state index in [0.717, 1.165) is 31.2 Å². The molecule has 1 aliphatic heterocycles. The summed E-state index contributed by atoms with van der Waals surface area (Å²) < 4.78 is 5.42. The first-order valence-electron chi connectivity index (χ1n) is 6.51. The molecule has 2 rings (SSSR count).